The zero-order chi connectivity index (χ0) is 41.9. The van der Waals surface area contributed by atoms with Crippen LogP contribution in [0.5, 0.6) is 0 Å². The van der Waals surface area contributed by atoms with Crippen molar-refractivity contribution >= 4 is 19.8 Å². The van der Waals surface area contributed by atoms with Crippen LogP contribution in [0.3, 0.4) is 0 Å². The largest absolute Gasteiger partial charge is 0.472 e. The normalized spacial score (nSPS) is 14.4. The lowest BCUT2D eigenvalue weighted by molar-refractivity contribution is -0.161. The van der Waals surface area contributed by atoms with Crippen LogP contribution in [0.15, 0.2) is 60.8 Å². The molecular formula is C46H81O10P. The van der Waals surface area contributed by atoms with Crippen LogP contribution in [-0.2, 0) is 32.7 Å². The average molecular weight is 825 g/mol. The molecule has 0 aromatic heterocycles. The first kappa shape index (κ1) is 54.7. The van der Waals surface area contributed by atoms with E-state index in [1.54, 1.807) is 0 Å². The first-order chi connectivity index (χ1) is 27.7. The van der Waals surface area contributed by atoms with Crippen molar-refractivity contribution in [2.45, 2.75) is 193 Å². The highest BCUT2D eigenvalue weighted by molar-refractivity contribution is 7.47. The van der Waals surface area contributed by atoms with Crippen LogP contribution >= 0.6 is 7.82 Å². The van der Waals surface area contributed by atoms with E-state index in [-0.39, 0.29) is 19.4 Å². The number of aliphatic hydroxyl groups is 2. The molecule has 0 aliphatic carbocycles. The van der Waals surface area contributed by atoms with Gasteiger partial charge >= 0.3 is 19.8 Å². The molecule has 0 radical (unpaired) electrons. The monoisotopic (exact) mass is 825 g/mol. The van der Waals surface area contributed by atoms with Crippen LogP contribution in [0.1, 0.15) is 181 Å². The summed E-state index contributed by atoms with van der Waals surface area (Å²) in [6, 6.07) is 0. The second-order valence-electron chi connectivity index (χ2n) is 14.7. The summed E-state index contributed by atoms with van der Waals surface area (Å²) in [4.78, 5) is 35.0. The Balaban J connectivity index is 4.33. The SMILES string of the molecule is CCCCC/C=C\C/C=C\C/C=C\CCCCC(=O)O[C@H](COC(=O)CCCCCCCCCCC/C=C\C/C=C\CCCCC)COP(=O)(O)OC[C@@H](O)CO. The predicted octanol–water partition coefficient (Wildman–Crippen LogP) is 11.9. The summed E-state index contributed by atoms with van der Waals surface area (Å²) in [5.74, 6) is -0.977. The van der Waals surface area contributed by atoms with Gasteiger partial charge in [-0.05, 0) is 83.5 Å². The van der Waals surface area contributed by atoms with E-state index in [2.05, 4.69) is 79.1 Å². The van der Waals surface area contributed by atoms with E-state index in [9.17, 15) is 24.2 Å². The highest BCUT2D eigenvalue weighted by Crippen LogP contribution is 2.43. The number of unbranched alkanes of at least 4 members (excludes halogenated alkanes) is 17. The van der Waals surface area contributed by atoms with E-state index in [0.29, 0.717) is 12.8 Å². The summed E-state index contributed by atoms with van der Waals surface area (Å²) in [6.07, 6.45) is 46.1. The van der Waals surface area contributed by atoms with Gasteiger partial charge in [-0.15, -0.1) is 0 Å². The van der Waals surface area contributed by atoms with E-state index in [1.807, 2.05) is 0 Å². The van der Waals surface area contributed by atoms with Gasteiger partial charge in [-0.1, -0.05) is 145 Å². The fraction of sp³-hybridized carbons (Fsp3) is 0.739. The Morgan fingerprint density at radius 3 is 1.40 bits per heavy atom. The number of phosphoric acid groups is 1. The molecule has 57 heavy (non-hydrogen) atoms. The number of hydrogen-bond donors (Lipinski definition) is 3. The van der Waals surface area contributed by atoms with Crippen LogP contribution in [0.25, 0.3) is 0 Å². The van der Waals surface area contributed by atoms with Crippen LogP contribution in [0, 0.1) is 0 Å². The lowest BCUT2D eigenvalue weighted by Crippen LogP contribution is -2.29. The minimum absolute atomic E-state index is 0.132. The number of allylic oxidation sites excluding steroid dienone is 10. The van der Waals surface area contributed by atoms with Gasteiger partial charge in [0.2, 0.25) is 0 Å². The molecule has 0 rings (SSSR count). The summed E-state index contributed by atoms with van der Waals surface area (Å²) in [5.41, 5.74) is 0. The number of esters is 2. The van der Waals surface area contributed by atoms with Gasteiger partial charge in [-0.2, -0.15) is 0 Å². The highest BCUT2D eigenvalue weighted by atomic mass is 31.2. The molecule has 0 aliphatic rings. The molecule has 0 spiro atoms. The Kier molecular flexibility index (Phi) is 40.1. The summed E-state index contributed by atoms with van der Waals surface area (Å²) in [5, 5.41) is 18.3. The van der Waals surface area contributed by atoms with Crippen molar-refractivity contribution in [1.82, 2.24) is 0 Å². The van der Waals surface area contributed by atoms with Crippen molar-refractivity contribution in [1.29, 1.82) is 0 Å². The highest BCUT2D eigenvalue weighted by Gasteiger charge is 2.27. The maximum atomic E-state index is 12.6. The summed E-state index contributed by atoms with van der Waals surface area (Å²) in [6.45, 7) is 2.27. The number of carbonyl (C=O) groups is 2. The van der Waals surface area contributed by atoms with Crippen molar-refractivity contribution in [3.63, 3.8) is 0 Å². The molecule has 11 heteroatoms. The molecule has 0 saturated heterocycles. The fourth-order valence-electron chi connectivity index (χ4n) is 5.68. The molecular weight excluding hydrogens is 743 g/mol. The van der Waals surface area contributed by atoms with Gasteiger partial charge in [-0.3, -0.25) is 18.6 Å². The molecule has 0 amide bonds. The number of rotatable bonds is 41. The Hall–Kier alpha value is -2.33. The maximum absolute atomic E-state index is 12.6. The fourth-order valence-corrected chi connectivity index (χ4v) is 6.47. The number of aliphatic hydroxyl groups excluding tert-OH is 2. The minimum atomic E-state index is -4.63. The van der Waals surface area contributed by atoms with Gasteiger partial charge in [0.05, 0.1) is 19.8 Å². The quantitative estimate of drug-likeness (QED) is 0.0235. The van der Waals surface area contributed by atoms with Crippen LogP contribution < -0.4 is 0 Å². The zero-order valence-electron chi connectivity index (χ0n) is 35.8. The topological polar surface area (TPSA) is 149 Å². The first-order valence-electron chi connectivity index (χ1n) is 22.2. The second kappa shape index (κ2) is 41.8. The van der Waals surface area contributed by atoms with Gasteiger partial charge in [0.15, 0.2) is 6.10 Å². The summed E-state index contributed by atoms with van der Waals surface area (Å²) >= 11 is 0. The third-order valence-corrected chi connectivity index (χ3v) is 10.1. The Morgan fingerprint density at radius 2 is 0.912 bits per heavy atom. The number of phosphoric ester groups is 1. The van der Waals surface area contributed by atoms with E-state index in [1.165, 1.54) is 77.0 Å². The van der Waals surface area contributed by atoms with E-state index < -0.39 is 51.8 Å². The molecule has 0 aliphatic heterocycles. The Labute approximate surface area is 346 Å². The molecule has 0 aromatic carbocycles. The van der Waals surface area contributed by atoms with Gasteiger partial charge in [0, 0.05) is 12.8 Å². The lowest BCUT2D eigenvalue weighted by Gasteiger charge is -2.20. The van der Waals surface area contributed by atoms with E-state index >= 15 is 0 Å². The van der Waals surface area contributed by atoms with E-state index in [4.69, 9.17) is 19.1 Å². The zero-order valence-corrected chi connectivity index (χ0v) is 36.7. The molecule has 1 unspecified atom stereocenters. The summed E-state index contributed by atoms with van der Waals surface area (Å²) in [7, 11) is -4.63. The summed E-state index contributed by atoms with van der Waals surface area (Å²) < 4.78 is 32.7. The molecule has 3 N–H and O–H groups in total. The molecule has 0 bridgehead atoms. The Bertz CT molecular complexity index is 1130. The Morgan fingerprint density at radius 1 is 0.526 bits per heavy atom. The number of carbonyl (C=O) groups excluding carboxylic acids is 2. The van der Waals surface area contributed by atoms with Crippen molar-refractivity contribution < 1.29 is 47.8 Å². The van der Waals surface area contributed by atoms with Gasteiger partial charge in [-0.25, -0.2) is 4.57 Å². The minimum Gasteiger partial charge on any atom is -0.462 e. The van der Waals surface area contributed by atoms with Crippen molar-refractivity contribution in [2.24, 2.45) is 0 Å². The first-order valence-corrected chi connectivity index (χ1v) is 23.7. The van der Waals surface area contributed by atoms with Gasteiger partial charge < -0.3 is 24.6 Å². The molecule has 10 nitrogen and oxygen atoms in total. The van der Waals surface area contributed by atoms with Crippen molar-refractivity contribution in [2.75, 3.05) is 26.4 Å². The molecule has 0 aromatic rings. The second-order valence-corrected chi connectivity index (χ2v) is 16.2. The predicted molar refractivity (Wildman–Crippen MR) is 233 cm³/mol. The van der Waals surface area contributed by atoms with Crippen LogP contribution in [0.4, 0.5) is 0 Å². The lowest BCUT2D eigenvalue weighted by atomic mass is 10.1. The molecule has 0 saturated carbocycles. The standard InChI is InChI=1S/C46H81O10P/c1-3-5-7-9-11-13-15-17-19-20-21-22-24-25-27-29-31-33-35-37-45(49)53-41-44(42-55-57(51,52)54-40-43(48)39-47)56-46(50)38-36-34-32-30-28-26-23-18-16-14-12-10-8-6-4-2/h11-14,17-19,23,28,30,43-44,47-48H,3-10,15-16,20-22,24-27,29,31-42H2,1-2H3,(H,51,52)/b13-11-,14-12-,19-17-,23-18-,30-28-/t43-,44+/m0/s1. The van der Waals surface area contributed by atoms with E-state index in [0.717, 1.165) is 64.2 Å². The van der Waals surface area contributed by atoms with Gasteiger partial charge in [0.1, 0.15) is 12.7 Å². The molecule has 330 valence electrons. The molecule has 0 fully saturated rings. The number of hydrogen-bond acceptors (Lipinski definition) is 9. The molecule has 3 atom stereocenters. The van der Waals surface area contributed by atoms with Crippen molar-refractivity contribution in [3.05, 3.63) is 60.8 Å². The van der Waals surface area contributed by atoms with Gasteiger partial charge in [0.25, 0.3) is 0 Å². The third kappa shape index (κ3) is 41.6. The van der Waals surface area contributed by atoms with Crippen molar-refractivity contribution in [3.8, 4) is 0 Å². The molecule has 0 heterocycles. The van der Waals surface area contributed by atoms with Crippen LogP contribution in [0.2, 0.25) is 0 Å². The maximum Gasteiger partial charge on any atom is 0.472 e. The smallest absolute Gasteiger partial charge is 0.462 e. The third-order valence-electron chi connectivity index (χ3n) is 9.14. The number of ether oxygens (including phenoxy) is 2. The average Bonchev–Trinajstić information content (AvgIpc) is 3.20. The van der Waals surface area contributed by atoms with Crippen LogP contribution in [-0.4, -0.2) is 65.7 Å².